The average molecular weight is 353 g/mol. The number of rotatable bonds is 8. The van der Waals surface area contributed by atoms with Gasteiger partial charge >= 0.3 is 17.7 Å². The molecule has 0 fully saturated rings. The van der Waals surface area contributed by atoms with Crippen LogP contribution in [-0.2, 0) is 28.0 Å². The first-order valence-electron chi connectivity index (χ1n) is 7.26. The Hall–Kier alpha value is -0.690. The van der Waals surface area contributed by atoms with E-state index in [-0.39, 0.29) is 0 Å². The van der Waals surface area contributed by atoms with Crippen LogP contribution in [0, 0.1) is 0 Å². The molecule has 0 heterocycles. The number of hydrogen-bond acceptors (Lipinski definition) is 7. The van der Waals surface area contributed by atoms with Gasteiger partial charge in [-0.05, 0) is 46.1 Å². The molecule has 1 aliphatic carbocycles. The molecular formula is C13H24NO6PS. The monoisotopic (exact) mass is 353 g/mol. The third-order valence-electron chi connectivity index (χ3n) is 3.17. The van der Waals surface area contributed by atoms with Crippen molar-refractivity contribution in [3.05, 3.63) is 11.6 Å². The van der Waals surface area contributed by atoms with Gasteiger partial charge in [-0.3, -0.25) is 8.85 Å². The zero-order valence-corrected chi connectivity index (χ0v) is 15.2. The molecule has 0 aliphatic heterocycles. The van der Waals surface area contributed by atoms with E-state index in [2.05, 4.69) is 9.44 Å². The number of oxime groups is 1. The maximum atomic E-state index is 12.8. The summed E-state index contributed by atoms with van der Waals surface area (Å²) in [7, 11) is -6.87. The molecule has 0 amide bonds. The van der Waals surface area contributed by atoms with E-state index >= 15 is 0 Å². The van der Waals surface area contributed by atoms with Crippen LogP contribution in [-0.4, -0.2) is 39.3 Å². The molecular weight excluding hydrogens is 329 g/mol. The predicted octanol–water partition coefficient (Wildman–Crippen LogP) is 3.08. The van der Waals surface area contributed by atoms with Crippen molar-refractivity contribution in [3.8, 4) is 0 Å². The number of allylic oxidation sites excluding steroid dienone is 2. The van der Waals surface area contributed by atoms with Gasteiger partial charge in [0.1, 0.15) is 0 Å². The highest BCUT2D eigenvalue weighted by molar-refractivity contribution is 7.85. The first-order valence-corrected chi connectivity index (χ1v) is 10.7. The normalized spacial score (nSPS) is 19.8. The molecule has 0 aromatic rings. The van der Waals surface area contributed by atoms with Crippen LogP contribution in [0.15, 0.2) is 16.8 Å². The summed E-state index contributed by atoms with van der Waals surface area (Å²) in [5, 5.41) is 3.64. The zero-order chi connectivity index (χ0) is 16.8. The lowest BCUT2D eigenvalue weighted by molar-refractivity contribution is 0.215. The smallest absolute Gasteiger partial charge is 0.308 e. The molecule has 0 saturated heterocycles. The van der Waals surface area contributed by atoms with Gasteiger partial charge in [0.05, 0.1) is 30.8 Å². The summed E-state index contributed by atoms with van der Waals surface area (Å²) in [5.74, 6) is 0. The third kappa shape index (κ3) is 5.83. The molecule has 0 spiro atoms. The second kappa shape index (κ2) is 8.24. The van der Waals surface area contributed by atoms with Crippen molar-refractivity contribution in [2.24, 2.45) is 5.16 Å². The zero-order valence-electron chi connectivity index (χ0n) is 13.4. The lowest BCUT2D eigenvalue weighted by atomic mass is 9.96. The quantitative estimate of drug-likeness (QED) is 0.492. The Balaban J connectivity index is 2.98. The van der Waals surface area contributed by atoms with Gasteiger partial charge in [0.2, 0.25) is 0 Å². The number of nitrogens with zero attached hydrogens (tertiary/aromatic N) is 1. The van der Waals surface area contributed by atoms with Gasteiger partial charge in [0.15, 0.2) is 0 Å². The van der Waals surface area contributed by atoms with Gasteiger partial charge in [-0.25, -0.2) is 0 Å². The Labute approximate surface area is 132 Å². The van der Waals surface area contributed by atoms with E-state index in [0.29, 0.717) is 25.3 Å². The summed E-state index contributed by atoms with van der Waals surface area (Å²) in [6, 6.07) is 0. The topological polar surface area (TPSA) is 91.3 Å². The van der Waals surface area contributed by atoms with Gasteiger partial charge in [0, 0.05) is 0 Å². The van der Waals surface area contributed by atoms with Crippen LogP contribution < -0.4 is 0 Å². The lowest BCUT2D eigenvalue weighted by Crippen LogP contribution is -2.17. The van der Waals surface area contributed by atoms with Crippen LogP contribution in [0.25, 0.3) is 0 Å². The van der Waals surface area contributed by atoms with Crippen LogP contribution in [0.5, 0.6) is 0 Å². The van der Waals surface area contributed by atoms with Crippen LogP contribution in [0.4, 0.5) is 0 Å². The van der Waals surface area contributed by atoms with Crippen molar-refractivity contribution < 1.29 is 26.3 Å². The van der Waals surface area contributed by atoms with Crippen molar-refractivity contribution in [2.75, 3.05) is 19.5 Å². The second-order valence-electron chi connectivity index (χ2n) is 4.99. The largest absolute Gasteiger partial charge is 0.337 e. The Morgan fingerprint density at radius 1 is 1.27 bits per heavy atom. The minimum atomic E-state index is -3.63. The number of hydrogen-bond donors (Lipinski definition) is 0. The first kappa shape index (κ1) is 19.4. The summed E-state index contributed by atoms with van der Waals surface area (Å²) >= 11 is 0. The van der Waals surface area contributed by atoms with Crippen molar-refractivity contribution in [3.63, 3.8) is 0 Å². The summed E-state index contributed by atoms with van der Waals surface area (Å²) in [5.41, 5.74) is 0.974. The van der Waals surface area contributed by atoms with Gasteiger partial charge < -0.3 is 9.05 Å². The van der Waals surface area contributed by atoms with Gasteiger partial charge in [-0.2, -0.15) is 8.42 Å². The molecule has 1 rings (SSSR count). The highest BCUT2D eigenvalue weighted by atomic mass is 32.2. The van der Waals surface area contributed by atoms with E-state index in [0.717, 1.165) is 24.7 Å². The SMILES string of the molecule is CCOP(=O)(OCC)C(C)C1=C/C(=N/OS(C)(=O)=O)CCC1. The minimum absolute atomic E-state index is 0.299. The Morgan fingerprint density at radius 3 is 2.36 bits per heavy atom. The summed E-state index contributed by atoms with van der Waals surface area (Å²) in [4.78, 5) is 0. The predicted molar refractivity (Wildman–Crippen MR) is 85.6 cm³/mol. The Morgan fingerprint density at radius 2 is 1.86 bits per heavy atom. The molecule has 1 unspecified atom stereocenters. The van der Waals surface area contributed by atoms with Crippen LogP contribution >= 0.6 is 7.60 Å². The van der Waals surface area contributed by atoms with Gasteiger partial charge in [-0.1, -0.05) is 10.7 Å². The fraction of sp³-hybridized carbons (Fsp3) is 0.769. The van der Waals surface area contributed by atoms with Crippen LogP contribution in [0.3, 0.4) is 0 Å². The molecule has 0 aromatic carbocycles. The lowest BCUT2D eigenvalue weighted by Gasteiger charge is -2.27. The van der Waals surface area contributed by atoms with Crippen LogP contribution in [0.1, 0.15) is 40.0 Å². The van der Waals surface area contributed by atoms with Gasteiger partial charge in [-0.15, -0.1) is 0 Å². The van der Waals surface area contributed by atoms with Crippen molar-refractivity contribution >= 4 is 23.4 Å². The molecule has 22 heavy (non-hydrogen) atoms. The van der Waals surface area contributed by atoms with E-state index in [4.69, 9.17) is 9.05 Å². The molecule has 1 atom stereocenters. The second-order valence-corrected chi connectivity index (χ2v) is 8.91. The summed E-state index contributed by atoms with van der Waals surface area (Å²) in [6.07, 6.45) is 4.79. The molecule has 0 aromatic heterocycles. The standard InChI is InChI=1S/C13H24NO6PS/c1-5-18-21(15,19-6-2)11(3)12-8-7-9-13(10-12)14-20-22(4,16)17/h10-11H,5-9H2,1-4H3/b14-13+. The van der Waals surface area contributed by atoms with E-state index in [9.17, 15) is 13.0 Å². The fourth-order valence-corrected chi connectivity index (χ4v) is 4.26. The van der Waals surface area contributed by atoms with Crippen molar-refractivity contribution in [2.45, 2.75) is 45.7 Å². The average Bonchev–Trinajstić information content (AvgIpc) is 2.44. The maximum absolute atomic E-state index is 12.8. The molecule has 1 aliphatic rings. The molecule has 0 bridgehead atoms. The molecule has 0 radical (unpaired) electrons. The molecule has 0 saturated carbocycles. The van der Waals surface area contributed by atoms with E-state index in [1.165, 1.54) is 0 Å². The molecule has 128 valence electrons. The van der Waals surface area contributed by atoms with Crippen LogP contribution in [0.2, 0.25) is 0 Å². The molecule has 7 nitrogen and oxygen atoms in total. The van der Waals surface area contributed by atoms with E-state index in [1.54, 1.807) is 26.8 Å². The van der Waals surface area contributed by atoms with Crippen molar-refractivity contribution in [1.29, 1.82) is 0 Å². The maximum Gasteiger partial charge on any atom is 0.337 e. The summed E-state index contributed by atoms with van der Waals surface area (Å²) < 4.78 is 49.9. The fourth-order valence-electron chi connectivity index (χ4n) is 2.17. The Bertz CT molecular complexity index is 573. The Kier molecular flexibility index (Phi) is 7.25. The van der Waals surface area contributed by atoms with Crippen molar-refractivity contribution in [1.82, 2.24) is 0 Å². The summed E-state index contributed by atoms with van der Waals surface area (Å²) in [6.45, 7) is 5.92. The van der Waals surface area contributed by atoms with Gasteiger partial charge in [0.25, 0.3) is 0 Å². The highest BCUT2D eigenvalue weighted by Crippen LogP contribution is 2.56. The molecule has 9 heteroatoms. The van der Waals surface area contributed by atoms with E-state index < -0.39 is 23.4 Å². The minimum Gasteiger partial charge on any atom is -0.308 e. The highest BCUT2D eigenvalue weighted by Gasteiger charge is 2.35. The molecule has 0 N–H and O–H groups in total. The first-order chi connectivity index (χ1) is 10.2. The van der Waals surface area contributed by atoms with E-state index in [1.807, 2.05) is 0 Å². The third-order valence-corrected chi connectivity index (χ3v) is 6.03.